The maximum absolute atomic E-state index is 6.43. The van der Waals surface area contributed by atoms with Gasteiger partial charge in [-0.25, -0.2) is 15.0 Å². The van der Waals surface area contributed by atoms with Crippen LogP contribution in [0.25, 0.3) is 122 Å². The number of pyridine rings is 1. The summed E-state index contributed by atoms with van der Waals surface area (Å²) in [7, 11) is 0. The summed E-state index contributed by atoms with van der Waals surface area (Å²) in [5.74, 6) is 0.673. The second-order valence-corrected chi connectivity index (χ2v) is 16.1. The van der Waals surface area contributed by atoms with Crippen molar-refractivity contribution in [2.45, 2.75) is 12.8 Å². The molecular weight excluding hydrogens is 727 g/mol. The van der Waals surface area contributed by atoms with Gasteiger partial charge in [0.15, 0.2) is 5.82 Å². The molecule has 272 valence electrons. The lowest BCUT2D eigenvalue weighted by atomic mass is 9.98. The molecule has 5 heteroatoms. The van der Waals surface area contributed by atoms with E-state index in [0.717, 1.165) is 90.8 Å². The molecule has 4 nitrogen and oxygen atoms in total. The van der Waals surface area contributed by atoms with Gasteiger partial charge in [-0.15, -0.1) is 11.3 Å². The molecule has 0 bridgehead atoms. The molecule has 58 heavy (non-hydrogen) atoms. The third-order valence-corrected chi connectivity index (χ3v) is 12.7. The zero-order chi connectivity index (χ0) is 38.2. The van der Waals surface area contributed by atoms with Gasteiger partial charge >= 0.3 is 0 Å². The van der Waals surface area contributed by atoms with Gasteiger partial charge in [-0.05, 0) is 64.7 Å². The summed E-state index contributed by atoms with van der Waals surface area (Å²) in [6.45, 7) is 0. The summed E-state index contributed by atoms with van der Waals surface area (Å²) < 4.78 is 9.01. The average molecular weight is 760 g/mol. The van der Waals surface area contributed by atoms with Crippen molar-refractivity contribution in [1.29, 1.82) is 0 Å². The minimum atomic E-state index is 0.673. The molecule has 0 unspecified atom stereocenters. The van der Waals surface area contributed by atoms with Crippen LogP contribution in [0.4, 0.5) is 0 Å². The van der Waals surface area contributed by atoms with E-state index in [4.69, 9.17) is 19.4 Å². The fourth-order valence-electron chi connectivity index (χ4n) is 8.66. The van der Waals surface area contributed by atoms with E-state index < -0.39 is 0 Å². The third-order valence-electron chi connectivity index (χ3n) is 11.5. The molecule has 7 aromatic carbocycles. The summed E-state index contributed by atoms with van der Waals surface area (Å²) in [5.41, 5.74) is 11.7. The SMILES string of the molecule is C1=c2sc3c(-c4ccc(-c5nc(-c6ccccc6)cc(-c6cccc(-c7cccc8c7oc7ccccc78)c6)n5)cc4)nc4cc5ccccc5cc4c3c2=CCC1. The van der Waals surface area contributed by atoms with Crippen LogP contribution >= 0.6 is 11.3 Å². The zero-order valence-electron chi connectivity index (χ0n) is 31.3. The molecule has 0 fully saturated rings. The lowest BCUT2D eigenvalue weighted by molar-refractivity contribution is 0.670. The third kappa shape index (κ3) is 5.39. The molecule has 4 aromatic heterocycles. The molecule has 0 spiro atoms. The van der Waals surface area contributed by atoms with Crippen LogP contribution < -0.4 is 9.75 Å². The normalized spacial score (nSPS) is 12.6. The largest absolute Gasteiger partial charge is 0.455 e. The fraction of sp³-hybridized carbons (Fsp3) is 0.0377. The molecule has 0 aliphatic heterocycles. The Morgan fingerprint density at radius 1 is 0.483 bits per heavy atom. The van der Waals surface area contributed by atoms with E-state index in [2.05, 4.69) is 158 Å². The first-order valence-corrected chi connectivity index (χ1v) is 20.6. The number of aromatic nitrogens is 3. The lowest BCUT2D eigenvalue weighted by Crippen LogP contribution is -2.20. The highest BCUT2D eigenvalue weighted by Crippen LogP contribution is 2.39. The summed E-state index contributed by atoms with van der Waals surface area (Å²) in [4.78, 5) is 15.8. The molecular formula is C53H33N3OS. The van der Waals surface area contributed by atoms with Crippen molar-refractivity contribution in [2.24, 2.45) is 0 Å². The Kier molecular flexibility index (Phi) is 7.50. The maximum atomic E-state index is 6.43. The van der Waals surface area contributed by atoms with Crippen molar-refractivity contribution in [3.8, 4) is 56.3 Å². The maximum Gasteiger partial charge on any atom is 0.160 e. The Labute approximate surface area is 337 Å². The van der Waals surface area contributed by atoms with Gasteiger partial charge in [-0.2, -0.15) is 0 Å². The average Bonchev–Trinajstić information content (AvgIpc) is 3.88. The van der Waals surface area contributed by atoms with Crippen LogP contribution in [-0.2, 0) is 0 Å². The quantitative estimate of drug-likeness (QED) is 0.164. The van der Waals surface area contributed by atoms with Gasteiger partial charge in [0.1, 0.15) is 11.2 Å². The van der Waals surface area contributed by atoms with Crippen molar-refractivity contribution < 1.29 is 4.42 Å². The number of para-hydroxylation sites is 2. The highest BCUT2D eigenvalue weighted by Gasteiger charge is 2.18. The van der Waals surface area contributed by atoms with Crippen molar-refractivity contribution in [2.75, 3.05) is 0 Å². The molecule has 1 aliphatic rings. The van der Waals surface area contributed by atoms with Gasteiger partial charge in [-0.1, -0.05) is 146 Å². The number of nitrogens with zero attached hydrogens (tertiary/aromatic N) is 3. The van der Waals surface area contributed by atoms with E-state index >= 15 is 0 Å². The molecule has 0 amide bonds. The summed E-state index contributed by atoms with van der Waals surface area (Å²) in [6.07, 6.45) is 6.94. The van der Waals surface area contributed by atoms with E-state index in [-0.39, 0.29) is 0 Å². The summed E-state index contributed by atoms with van der Waals surface area (Å²) >= 11 is 1.86. The number of hydrogen-bond acceptors (Lipinski definition) is 5. The fourth-order valence-corrected chi connectivity index (χ4v) is 9.96. The van der Waals surface area contributed by atoms with E-state index in [1.165, 1.54) is 36.0 Å². The van der Waals surface area contributed by atoms with E-state index in [1.807, 2.05) is 29.5 Å². The van der Waals surface area contributed by atoms with Crippen molar-refractivity contribution >= 4 is 77.2 Å². The second kappa shape index (κ2) is 13.2. The topological polar surface area (TPSA) is 51.8 Å². The van der Waals surface area contributed by atoms with Crippen LogP contribution in [-0.4, -0.2) is 15.0 Å². The lowest BCUT2D eigenvalue weighted by Gasteiger charge is -2.12. The molecule has 0 saturated heterocycles. The van der Waals surface area contributed by atoms with Crippen molar-refractivity contribution in [3.63, 3.8) is 0 Å². The minimum absolute atomic E-state index is 0.673. The van der Waals surface area contributed by atoms with Gasteiger partial charge in [0.05, 0.1) is 27.3 Å². The standard InChI is InChI=1S/C53H33N3OS/c1-2-12-32(13-3-1)44-31-45(38-17-10-16-37(28-38)39-20-11-21-41-40-18-6-8-22-47(40)57-51(39)41)56-53(55-44)34-26-24-33(25-27-34)50-52-49(42-19-7-9-23-48(42)58-52)43-29-35-14-4-5-15-36(35)30-46(43)54-50/h1-6,8,10-31H,7,9H2. The van der Waals surface area contributed by atoms with Crippen LogP contribution in [0.15, 0.2) is 168 Å². The zero-order valence-corrected chi connectivity index (χ0v) is 32.1. The Morgan fingerprint density at radius 2 is 1.17 bits per heavy atom. The van der Waals surface area contributed by atoms with Gasteiger partial charge in [0, 0.05) is 53.9 Å². The van der Waals surface area contributed by atoms with Gasteiger partial charge in [0.25, 0.3) is 0 Å². The molecule has 12 rings (SSSR count). The van der Waals surface area contributed by atoms with Crippen molar-refractivity contribution in [3.05, 3.63) is 174 Å². The van der Waals surface area contributed by atoms with Crippen LogP contribution in [0.2, 0.25) is 0 Å². The first-order valence-electron chi connectivity index (χ1n) is 19.7. The van der Waals surface area contributed by atoms with Crippen LogP contribution in [0, 0.1) is 0 Å². The molecule has 11 aromatic rings. The highest BCUT2D eigenvalue weighted by molar-refractivity contribution is 7.17. The Bertz CT molecular complexity index is 3570. The number of thiophene rings is 1. The molecule has 4 heterocycles. The summed E-state index contributed by atoms with van der Waals surface area (Å²) in [5, 5.41) is 8.55. The molecule has 1 aliphatic carbocycles. The number of hydrogen-bond donors (Lipinski definition) is 0. The Morgan fingerprint density at radius 3 is 2.05 bits per heavy atom. The number of fused-ring (bicyclic) bond motifs is 9. The monoisotopic (exact) mass is 759 g/mol. The second-order valence-electron chi connectivity index (χ2n) is 15.0. The van der Waals surface area contributed by atoms with E-state index in [1.54, 1.807) is 0 Å². The van der Waals surface area contributed by atoms with E-state index in [9.17, 15) is 0 Å². The van der Waals surface area contributed by atoms with Gasteiger partial charge in [0.2, 0.25) is 0 Å². The smallest absolute Gasteiger partial charge is 0.160 e. The molecule has 0 saturated carbocycles. The summed E-state index contributed by atoms with van der Waals surface area (Å²) in [6, 6.07) is 57.4. The molecule has 0 atom stereocenters. The van der Waals surface area contributed by atoms with Gasteiger partial charge in [-0.3, -0.25) is 0 Å². The van der Waals surface area contributed by atoms with E-state index in [0.29, 0.717) is 5.82 Å². The first kappa shape index (κ1) is 33.0. The van der Waals surface area contributed by atoms with Crippen LogP contribution in [0.5, 0.6) is 0 Å². The van der Waals surface area contributed by atoms with Crippen molar-refractivity contribution in [1.82, 2.24) is 15.0 Å². The number of furan rings is 1. The predicted molar refractivity (Wildman–Crippen MR) is 242 cm³/mol. The molecule has 0 N–H and O–H groups in total. The predicted octanol–water partition coefficient (Wildman–Crippen LogP) is 13.0. The Hall–Kier alpha value is -7.21. The van der Waals surface area contributed by atoms with Gasteiger partial charge < -0.3 is 4.42 Å². The number of rotatable bonds is 5. The minimum Gasteiger partial charge on any atom is -0.455 e. The molecule has 0 radical (unpaired) electrons. The number of benzene rings is 7. The first-order chi connectivity index (χ1) is 28.7. The Balaban J connectivity index is 0.989. The van der Waals surface area contributed by atoms with Crippen LogP contribution in [0.3, 0.4) is 0 Å². The van der Waals surface area contributed by atoms with Crippen LogP contribution in [0.1, 0.15) is 12.8 Å². The highest BCUT2D eigenvalue weighted by atomic mass is 32.1.